The number of nitrogens with one attached hydrogen (secondary N) is 1. The van der Waals surface area contributed by atoms with Gasteiger partial charge < -0.3 is 15.0 Å². The molecule has 3 rings (SSSR count). The van der Waals surface area contributed by atoms with Crippen LogP contribution in [0.2, 0.25) is 10.0 Å². The molecule has 4 nitrogen and oxygen atoms in total. The molecule has 0 saturated carbocycles. The van der Waals surface area contributed by atoms with E-state index in [1.54, 1.807) is 12.1 Å². The van der Waals surface area contributed by atoms with Crippen molar-refractivity contribution in [1.29, 1.82) is 0 Å². The summed E-state index contributed by atoms with van der Waals surface area (Å²) in [5, 5.41) is 3.78. The van der Waals surface area contributed by atoms with E-state index < -0.39 is 0 Å². The molecular formula is C20H22Cl2N2O2. The lowest BCUT2D eigenvalue weighted by molar-refractivity contribution is -0.118. The summed E-state index contributed by atoms with van der Waals surface area (Å²) < 4.78 is 5.56. The second-order valence-corrected chi connectivity index (χ2v) is 7.31. The van der Waals surface area contributed by atoms with Crippen molar-refractivity contribution in [2.75, 3.05) is 29.9 Å². The Bertz CT molecular complexity index is 749. The van der Waals surface area contributed by atoms with E-state index in [9.17, 15) is 4.79 Å². The van der Waals surface area contributed by atoms with Crippen LogP contribution in [0, 0.1) is 6.92 Å². The Labute approximate surface area is 164 Å². The number of halogens is 2. The lowest BCUT2D eigenvalue weighted by Gasteiger charge is -2.28. The average Bonchev–Trinajstić information content (AvgIpc) is 2.62. The van der Waals surface area contributed by atoms with Crippen LogP contribution in [0.1, 0.15) is 24.8 Å². The molecule has 0 aliphatic carbocycles. The summed E-state index contributed by atoms with van der Waals surface area (Å²) in [6.07, 6.45) is 3.78. The van der Waals surface area contributed by atoms with Gasteiger partial charge in [-0.1, -0.05) is 23.2 Å². The summed E-state index contributed by atoms with van der Waals surface area (Å²) in [5.41, 5.74) is 2.74. The average molecular weight is 393 g/mol. The first kappa shape index (κ1) is 18.9. The van der Waals surface area contributed by atoms with Gasteiger partial charge in [0.05, 0.1) is 5.02 Å². The van der Waals surface area contributed by atoms with Gasteiger partial charge in [0.25, 0.3) is 5.91 Å². The molecule has 0 spiro atoms. The number of amides is 1. The number of rotatable bonds is 5. The first-order chi connectivity index (χ1) is 12.5. The molecule has 1 aliphatic heterocycles. The molecule has 2 aromatic rings. The second kappa shape index (κ2) is 8.65. The van der Waals surface area contributed by atoms with Gasteiger partial charge in [-0.15, -0.1) is 0 Å². The Kier molecular flexibility index (Phi) is 6.28. The molecule has 0 radical (unpaired) electrons. The van der Waals surface area contributed by atoms with Crippen LogP contribution in [0.25, 0.3) is 0 Å². The first-order valence-corrected chi connectivity index (χ1v) is 9.52. The molecule has 1 aliphatic rings. The fourth-order valence-electron chi connectivity index (χ4n) is 3.11. The SMILES string of the molecule is Cc1cc(Cl)cc(Cl)c1OCC(=O)Nc1ccc(N2CCCCC2)cc1. The third kappa shape index (κ3) is 4.83. The van der Waals surface area contributed by atoms with Crippen LogP contribution in [-0.2, 0) is 4.79 Å². The van der Waals surface area contributed by atoms with E-state index in [2.05, 4.69) is 10.2 Å². The zero-order valence-electron chi connectivity index (χ0n) is 14.7. The molecule has 1 amide bonds. The minimum atomic E-state index is -0.235. The molecule has 138 valence electrons. The van der Waals surface area contributed by atoms with Crippen LogP contribution >= 0.6 is 23.2 Å². The Balaban J connectivity index is 1.55. The van der Waals surface area contributed by atoms with Gasteiger partial charge in [0.1, 0.15) is 5.75 Å². The van der Waals surface area contributed by atoms with Gasteiger partial charge in [0, 0.05) is 29.5 Å². The third-order valence-corrected chi connectivity index (χ3v) is 4.91. The number of aryl methyl sites for hydroxylation is 1. The molecule has 1 saturated heterocycles. The van der Waals surface area contributed by atoms with Crippen molar-refractivity contribution in [3.8, 4) is 5.75 Å². The van der Waals surface area contributed by atoms with E-state index >= 15 is 0 Å². The molecular weight excluding hydrogens is 371 g/mol. The van der Waals surface area contributed by atoms with Crippen molar-refractivity contribution < 1.29 is 9.53 Å². The number of hydrogen-bond acceptors (Lipinski definition) is 3. The smallest absolute Gasteiger partial charge is 0.262 e. The zero-order chi connectivity index (χ0) is 18.5. The van der Waals surface area contributed by atoms with Crippen molar-refractivity contribution in [2.24, 2.45) is 0 Å². The highest BCUT2D eigenvalue weighted by Gasteiger charge is 2.12. The first-order valence-electron chi connectivity index (χ1n) is 8.76. The van der Waals surface area contributed by atoms with Crippen LogP contribution in [0.3, 0.4) is 0 Å². The van der Waals surface area contributed by atoms with Crippen LogP contribution in [0.4, 0.5) is 11.4 Å². The molecule has 1 heterocycles. The highest BCUT2D eigenvalue weighted by atomic mass is 35.5. The highest BCUT2D eigenvalue weighted by molar-refractivity contribution is 6.35. The number of piperidine rings is 1. The number of nitrogens with zero attached hydrogens (tertiary/aromatic N) is 1. The minimum Gasteiger partial charge on any atom is -0.482 e. The Hall–Kier alpha value is -1.91. The van der Waals surface area contributed by atoms with Gasteiger partial charge >= 0.3 is 0 Å². The summed E-state index contributed by atoms with van der Waals surface area (Å²) in [6.45, 7) is 3.92. The normalized spacial score (nSPS) is 14.2. The maximum absolute atomic E-state index is 12.1. The van der Waals surface area contributed by atoms with Gasteiger partial charge in [-0.05, 0) is 68.1 Å². The summed E-state index contributed by atoms with van der Waals surface area (Å²) in [5.74, 6) is 0.243. The Morgan fingerprint density at radius 1 is 1.12 bits per heavy atom. The van der Waals surface area contributed by atoms with E-state index in [0.717, 1.165) is 24.3 Å². The minimum absolute atomic E-state index is 0.115. The predicted octanol–water partition coefficient (Wildman–Crippen LogP) is 5.31. The Morgan fingerprint density at radius 2 is 1.81 bits per heavy atom. The number of carbonyl (C=O) groups is 1. The molecule has 1 N–H and O–H groups in total. The number of hydrogen-bond donors (Lipinski definition) is 1. The molecule has 2 aromatic carbocycles. The summed E-state index contributed by atoms with van der Waals surface area (Å²) in [6, 6.07) is 11.3. The van der Waals surface area contributed by atoms with Crippen LogP contribution in [0.5, 0.6) is 5.75 Å². The largest absolute Gasteiger partial charge is 0.482 e. The topological polar surface area (TPSA) is 41.6 Å². The standard InChI is InChI=1S/C20H22Cl2N2O2/c1-14-11-15(21)12-18(22)20(14)26-13-19(25)23-16-5-7-17(8-6-16)24-9-3-2-4-10-24/h5-8,11-12H,2-4,9-10,13H2,1H3,(H,23,25). The maximum atomic E-state index is 12.1. The number of anilines is 2. The van der Waals surface area contributed by atoms with Crippen LogP contribution in [0.15, 0.2) is 36.4 Å². The Morgan fingerprint density at radius 3 is 2.46 bits per heavy atom. The van der Waals surface area contributed by atoms with Gasteiger partial charge in [0.15, 0.2) is 6.61 Å². The third-order valence-electron chi connectivity index (χ3n) is 4.41. The molecule has 26 heavy (non-hydrogen) atoms. The van der Waals surface area contributed by atoms with Crippen LogP contribution in [-0.4, -0.2) is 25.6 Å². The highest BCUT2D eigenvalue weighted by Crippen LogP contribution is 2.31. The molecule has 0 aromatic heterocycles. The molecule has 1 fully saturated rings. The van der Waals surface area contributed by atoms with Gasteiger partial charge in [-0.2, -0.15) is 0 Å². The van der Waals surface area contributed by atoms with E-state index in [1.807, 2.05) is 31.2 Å². The lowest BCUT2D eigenvalue weighted by atomic mass is 10.1. The van der Waals surface area contributed by atoms with Gasteiger partial charge in [0.2, 0.25) is 0 Å². The monoisotopic (exact) mass is 392 g/mol. The van der Waals surface area contributed by atoms with Gasteiger partial charge in [-0.3, -0.25) is 4.79 Å². The van der Waals surface area contributed by atoms with Crippen molar-refractivity contribution >= 4 is 40.5 Å². The van der Waals surface area contributed by atoms with E-state index in [-0.39, 0.29) is 12.5 Å². The van der Waals surface area contributed by atoms with Crippen molar-refractivity contribution in [3.05, 3.63) is 52.0 Å². The second-order valence-electron chi connectivity index (χ2n) is 6.47. The summed E-state index contributed by atoms with van der Waals surface area (Å²) in [4.78, 5) is 14.5. The van der Waals surface area contributed by atoms with Crippen LogP contribution < -0.4 is 15.0 Å². The maximum Gasteiger partial charge on any atom is 0.262 e. The van der Waals surface area contributed by atoms with Gasteiger partial charge in [-0.25, -0.2) is 0 Å². The fraction of sp³-hybridized carbons (Fsp3) is 0.350. The summed E-state index contributed by atoms with van der Waals surface area (Å²) >= 11 is 12.1. The quantitative estimate of drug-likeness (QED) is 0.749. The molecule has 0 unspecified atom stereocenters. The summed E-state index contributed by atoms with van der Waals surface area (Å²) in [7, 11) is 0. The number of ether oxygens (including phenoxy) is 1. The number of benzene rings is 2. The molecule has 0 atom stereocenters. The predicted molar refractivity (Wildman–Crippen MR) is 108 cm³/mol. The fourth-order valence-corrected chi connectivity index (χ4v) is 3.76. The molecule has 0 bridgehead atoms. The lowest BCUT2D eigenvalue weighted by Crippen LogP contribution is -2.29. The van der Waals surface area contributed by atoms with E-state index in [1.165, 1.54) is 24.9 Å². The van der Waals surface area contributed by atoms with E-state index in [0.29, 0.717) is 15.8 Å². The van der Waals surface area contributed by atoms with Crippen molar-refractivity contribution in [1.82, 2.24) is 0 Å². The molecule has 6 heteroatoms. The van der Waals surface area contributed by atoms with Crippen molar-refractivity contribution in [2.45, 2.75) is 26.2 Å². The van der Waals surface area contributed by atoms with E-state index in [4.69, 9.17) is 27.9 Å². The zero-order valence-corrected chi connectivity index (χ0v) is 16.2. The van der Waals surface area contributed by atoms with Crippen molar-refractivity contribution in [3.63, 3.8) is 0 Å². The number of carbonyl (C=O) groups excluding carboxylic acids is 1.